The van der Waals surface area contributed by atoms with E-state index in [-0.39, 0.29) is 0 Å². The first-order valence-corrected chi connectivity index (χ1v) is 12.4. The fraction of sp³-hybridized carbons (Fsp3) is 0.222. The first-order valence-electron chi connectivity index (χ1n) is 11.1. The summed E-state index contributed by atoms with van der Waals surface area (Å²) in [5.74, 6) is 0. The lowest BCUT2D eigenvalue weighted by molar-refractivity contribution is 0.105. The maximum absolute atomic E-state index is 6.02. The van der Waals surface area contributed by atoms with Crippen molar-refractivity contribution in [3.05, 3.63) is 100 Å². The van der Waals surface area contributed by atoms with Gasteiger partial charge in [0.1, 0.15) is 5.01 Å². The average Bonchev–Trinajstić information content (AvgIpc) is 3.43. The van der Waals surface area contributed by atoms with Crippen LogP contribution in [0.15, 0.2) is 78.2 Å². The predicted molar refractivity (Wildman–Crippen MR) is 133 cm³/mol. The van der Waals surface area contributed by atoms with E-state index in [1.54, 1.807) is 11.3 Å². The van der Waals surface area contributed by atoms with Crippen LogP contribution >= 0.6 is 22.9 Å². The molecule has 0 unspecified atom stereocenters. The van der Waals surface area contributed by atoms with Crippen molar-refractivity contribution in [3.63, 3.8) is 0 Å². The standard InChI is InChI=1S/C27H24ClN3S/c28-20-11-9-19(10-12-20)27-29-21(18-32-27)17-30-13-15-31(16-14-30)26-24-7-3-1-5-22(24)23-6-2-4-8-25(23)26/h1-12,18,26H,13-17H2. The number of hydrogen-bond acceptors (Lipinski definition) is 4. The van der Waals surface area contributed by atoms with Crippen LogP contribution in [-0.4, -0.2) is 41.0 Å². The Kier molecular flexibility index (Phi) is 5.32. The van der Waals surface area contributed by atoms with Crippen LogP contribution in [0.25, 0.3) is 21.7 Å². The van der Waals surface area contributed by atoms with E-state index >= 15 is 0 Å². The van der Waals surface area contributed by atoms with Gasteiger partial charge in [-0.2, -0.15) is 0 Å². The van der Waals surface area contributed by atoms with Crippen molar-refractivity contribution in [2.75, 3.05) is 26.2 Å². The molecule has 1 aliphatic heterocycles. The molecule has 0 radical (unpaired) electrons. The van der Waals surface area contributed by atoms with E-state index in [9.17, 15) is 0 Å². The maximum Gasteiger partial charge on any atom is 0.123 e. The first kappa shape index (κ1) is 20.1. The molecule has 0 N–H and O–H groups in total. The third-order valence-electron chi connectivity index (χ3n) is 6.60. The van der Waals surface area contributed by atoms with Gasteiger partial charge >= 0.3 is 0 Å². The molecule has 1 aliphatic carbocycles. The number of piperazine rings is 1. The molecule has 2 heterocycles. The molecular formula is C27H24ClN3S. The van der Waals surface area contributed by atoms with Gasteiger partial charge in [0.15, 0.2) is 0 Å². The Labute approximate surface area is 197 Å². The summed E-state index contributed by atoms with van der Waals surface area (Å²) in [5, 5.41) is 4.02. The summed E-state index contributed by atoms with van der Waals surface area (Å²) in [6.07, 6.45) is 0. The number of hydrogen-bond donors (Lipinski definition) is 0. The molecule has 0 saturated carbocycles. The lowest BCUT2D eigenvalue weighted by Crippen LogP contribution is -2.47. The molecule has 2 aliphatic rings. The largest absolute Gasteiger partial charge is 0.295 e. The average molecular weight is 458 g/mol. The van der Waals surface area contributed by atoms with Gasteiger partial charge in [-0.25, -0.2) is 4.98 Å². The van der Waals surface area contributed by atoms with Crippen molar-refractivity contribution in [2.45, 2.75) is 12.6 Å². The Morgan fingerprint density at radius 3 is 2.09 bits per heavy atom. The molecule has 160 valence electrons. The molecule has 0 amide bonds. The summed E-state index contributed by atoms with van der Waals surface area (Å²) in [5.41, 5.74) is 7.99. The van der Waals surface area contributed by atoms with Gasteiger partial charge in [0.2, 0.25) is 0 Å². The highest BCUT2D eigenvalue weighted by molar-refractivity contribution is 7.13. The molecule has 0 spiro atoms. The summed E-state index contributed by atoms with van der Waals surface area (Å²) in [6, 6.07) is 26.1. The summed E-state index contributed by atoms with van der Waals surface area (Å²) >= 11 is 7.73. The number of thiazole rings is 1. The Hall–Kier alpha value is -2.50. The van der Waals surface area contributed by atoms with E-state index in [1.165, 1.54) is 22.3 Å². The molecule has 3 nitrogen and oxygen atoms in total. The molecule has 6 rings (SSSR count). The van der Waals surface area contributed by atoms with Crippen LogP contribution in [0.3, 0.4) is 0 Å². The number of halogens is 1. The van der Waals surface area contributed by atoms with Gasteiger partial charge in [0, 0.05) is 48.7 Å². The van der Waals surface area contributed by atoms with Gasteiger partial charge < -0.3 is 0 Å². The van der Waals surface area contributed by atoms with Gasteiger partial charge in [-0.1, -0.05) is 72.3 Å². The maximum atomic E-state index is 6.02. The quantitative estimate of drug-likeness (QED) is 0.356. The lowest BCUT2D eigenvalue weighted by Gasteiger charge is -2.38. The molecule has 0 bridgehead atoms. The molecule has 32 heavy (non-hydrogen) atoms. The molecule has 1 fully saturated rings. The number of benzene rings is 3. The molecular weight excluding hydrogens is 434 g/mol. The van der Waals surface area contributed by atoms with Gasteiger partial charge in [-0.3, -0.25) is 9.80 Å². The minimum Gasteiger partial charge on any atom is -0.295 e. The van der Waals surface area contributed by atoms with Crippen LogP contribution < -0.4 is 0 Å². The molecule has 3 aromatic carbocycles. The predicted octanol–water partition coefficient (Wildman–Crippen LogP) is 6.35. The Morgan fingerprint density at radius 1 is 0.812 bits per heavy atom. The zero-order valence-corrected chi connectivity index (χ0v) is 19.3. The highest BCUT2D eigenvalue weighted by Crippen LogP contribution is 2.46. The zero-order valence-electron chi connectivity index (χ0n) is 17.7. The monoisotopic (exact) mass is 457 g/mol. The second kappa shape index (κ2) is 8.45. The fourth-order valence-electron chi connectivity index (χ4n) is 5.04. The third-order valence-corrected chi connectivity index (χ3v) is 7.79. The molecule has 1 aromatic heterocycles. The Morgan fingerprint density at radius 2 is 1.44 bits per heavy atom. The number of nitrogens with zero attached hydrogens (tertiary/aromatic N) is 3. The molecule has 0 atom stereocenters. The van der Waals surface area contributed by atoms with Crippen LogP contribution in [-0.2, 0) is 6.54 Å². The van der Waals surface area contributed by atoms with Crippen LogP contribution in [0.1, 0.15) is 22.9 Å². The van der Waals surface area contributed by atoms with Gasteiger partial charge in [-0.15, -0.1) is 11.3 Å². The second-order valence-electron chi connectivity index (χ2n) is 8.54. The summed E-state index contributed by atoms with van der Waals surface area (Å²) < 4.78 is 0. The summed E-state index contributed by atoms with van der Waals surface area (Å²) in [6.45, 7) is 5.18. The second-order valence-corrected chi connectivity index (χ2v) is 9.83. The summed E-state index contributed by atoms with van der Waals surface area (Å²) in [4.78, 5) is 10.1. The first-order chi connectivity index (χ1) is 15.8. The van der Waals surface area contributed by atoms with Crippen LogP contribution in [0.2, 0.25) is 5.02 Å². The van der Waals surface area contributed by atoms with E-state index in [0.29, 0.717) is 6.04 Å². The van der Waals surface area contributed by atoms with Crippen molar-refractivity contribution < 1.29 is 0 Å². The normalized spacial score (nSPS) is 16.8. The highest BCUT2D eigenvalue weighted by atomic mass is 35.5. The number of fused-ring (bicyclic) bond motifs is 3. The van der Waals surface area contributed by atoms with Crippen molar-refractivity contribution in [1.82, 2.24) is 14.8 Å². The van der Waals surface area contributed by atoms with Crippen molar-refractivity contribution >= 4 is 22.9 Å². The minimum absolute atomic E-state index is 0.375. The van der Waals surface area contributed by atoms with Crippen molar-refractivity contribution in [3.8, 4) is 21.7 Å². The summed E-state index contributed by atoms with van der Waals surface area (Å²) in [7, 11) is 0. The van der Waals surface area contributed by atoms with Gasteiger partial charge in [0.25, 0.3) is 0 Å². The van der Waals surface area contributed by atoms with Crippen LogP contribution in [0, 0.1) is 0 Å². The SMILES string of the molecule is Clc1ccc(-c2nc(CN3CCN(C4c5ccccc5-c5ccccc54)CC3)cs2)cc1. The van der Waals surface area contributed by atoms with Gasteiger partial charge in [0.05, 0.1) is 11.7 Å². The fourth-order valence-corrected chi connectivity index (χ4v) is 5.98. The lowest BCUT2D eigenvalue weighted by atomic mass is 10.0. The Bertz CT molecular complexity index is 1200. The van der Waals surface area contributed by atoms with E-state index in [1.807, 2.05) is 24.3 Å². The van der Waals surface area contributed by atoms with E-state index < -0.39 is 0 Å². The van der Waals surface area contributed by atoms with Crippen molar-refractivity contribution in [2.24, 2.45) is 0 Å². The van der Waals surface area contributed by atoms with E-state index in [2.05, 4.69) is 63.7 Å². The van der Waals surface area contributed by atoms with Crippen LogP contribution in [0.5, 0.6) is 0 Å². The highest BCUT2D eigenvalue weighted by Gasteiger charge is 2.34. The molecule has 5 heteroatoms. The number of aromatic nitrogens is 1. The van der Waals surface area contributed by atoms with E-state index in [4.69, 9.17) is 16.6 Å². The smallest absolute Gasteiger partial charge is 0.123 e. The molecule has 4 aromatic rings. The third kappa shape index (κ3) is 3.67. The van der Waals surface area contributed by atoms with E-state index in [0.717, 1.165) is 54.0 Å². The Balaban J connectivity index is 1.14. The topological polar surface area (TPSA) is 19.4 Å². The number of rotatable bonds is 4. The molecule has 1 saturated heterocycles. The van der Waals surface area contributed by atoms with Gasteiger partial charge in [-0.05, 0) is 34.4 Å². The minimum atomic E-state index is 0.375. The van der Waals surface area contributed by atoms with Crippen LogP contribution in [0.4, 0.5) is 0 Å². The zero-order chi connectivity index (χ0) is 21.5. The van der Waals surface area contributed by atoms with Crippen molar-refractivity contribution in [1.29, 1.82) is 0 Å².